The fourth-order valence-corrected chi connectivity index (χ4v) is 2.40. The summed E-state index contributed by atoms with van der Waals surface area (Å²) in [4.78, 5) is 17.1. The quantitative estimate of drug-likeness (QED) is 0.819. The molecule has 2 N–H and O–H groups in total. The standard InChI is InChI=1S/C15H21FN2O4/c1-14(2,3)22-13(20)18-8-6-15(21,11(19)9-18)12-10(16)5-4-7-17-12/h4-5,7,11,19,21H,6,8-9H2,1-3H3/t11-,15+/m1/s1. The molecule has 1 aliphatic heterocycles. The van der Waals surface area contributed by atoms with Crippen molar-refractivity contribution >= 4 is 6.09 Å². The van der Waals surface area contributed by atoms with Crippen molar-refractivity contribution in [2.24, 2.45) is 0 Å². The van der Waals surface area contributed by atoms with Crippen LogP contribution < -0.4 is 0 Å². The molecule has 122 valence electrons. The number of piperidine rings is 1. The van der Waals surface area contributed by atoms with Crippen LogP contribution in [0.15, 0.2) is 18.3 Å². The first-order valence-electron chi connectivity index (χ1n) is 7.13. The molecule has 1 saturated heterocycles. The Labute approximate surface area is 128 Å². The monoisotopic (exact) mass is 312 g/mol. The Hall–Kier alpha value is -1.73. The number of rotatable bonds is 1. The maximum atomic E-state index is 13.8. The van der Waals surface area contributed by atoms with E-state index in [0.717, 1.165) is 0 Å². The van der Waals surface area contributed by atoms with Crippen molar-refractivity contribution in [1.82, 2.24) is 9.88 Å². The van der Waals surface area contributed by atoms with Gasteiger partial charge in [-0.05, 0) is 32.9 Å². The molecular formula is C15H21FN2O4. The minimum atomic E-state index is -1.82. The Bertz CT molecular complexity index is 561. The number of hydrogen-bond acceptors (Lipinski definition) is 5. The molecule has 0 bridgehead atoms. The summed E-state index contributed by atoms with van der Waals surface area (Å²) >= 11 is 0. The van der Waals surface area contributed by atoms with Crippen molar-refractivity contribution in [2.45, 2.75) is 44.5 Å². The predicted molar refractivity (Wildman–Crippen MR) is 76.5 cm³/mol. The zero-order valence-electron chi connectivity index (χ0n) is 12.9. The number of nitrogens with zero attached hydrogens (tertiary/aromatic N) is 2. The third kappa shape index (κ3) is 3.36. The molecule has 22 heavy (non-hydrogen) atoms. The van der Waals surface area contributed by atoms with Crippen LogP contribution in [0.25, 0.3) is 0 Å². The highest BCUT2D eigenvalue weighted by atomic mass is 19.1. The molecule has 1 fully saturated rings. The Balaban J connectivity index is 2.13. The average Bonchev–Trinajstić information content (AvgIpc) is 2.40. The lowest BCUT2D eigenvalue weighted by Gasteiger charge is -2.41. The van der Waals surface area contributed by atoms with Gasteiger partial charge in [-0.15, -0.1) is 0 Å². The van der Waals surface area contributed by atoms with Gasteiger partial charge in [-0.25, -0.2) is 9.18 Å². The highest BCUT2D eigenvalue weighted by Crippen LogP contribution is 2.33. The molecule has 0 radical (unpaired) electrons. The van der Waals surface area contributed by atoms with Crippen molar-refractivity contribution < 1.29 is 24.1 Å². The Morgan fingerprint density at radius 2 is 2.23 bits per heavy atom. The SMILES string of the molecule is CC(C)(C)OC(=O)N1CC[C@@](O)(c2ncccc2F)[C@H](O)C1. The van der Waals surface area contributed by atoms with Gasteiger partial charge in [-0.2, -0.15) is 0 Å². The van der Waals surface area contributed by atoms with Crippen LogP contribution in [0, 0.1) is 5.82 Å². The minimum Gasteiger partial charge on any atom is -0.444 e. The number of aliphatic hydroxyl groups is 2. The number of carbonyl (C=O) groups is 1. The molecule has 0 aliphatic carbocycles. The molecule has 1 aromatic heterocycles. The van der Waals surface area contributed by atoms with E-state index in [1.165, 1.54) is 23.2 Å². The average molecular weight is 312 g/mol. The highest BCUT2D eigenvalue weighted by Gasteiger charge is 2.46. The van der Waals surface area contributed by atoms with E-state index in [2.05, 4.69) is 4.98 Å². The third-order valence-corrected chi connectivity index (χ3v) is 3.53. The van der Waals surface area contributed by atoms with Crippen molar-refractivity contribution in [2.75, 3.05) is 13.1 Å². The van der Waals surface area contributed by atoms with Gasteiger partial charge in [0.1, 0.15) is 28.8 Å². The summed E-state index contributed by atoms with van der Waals surface area (Å²) in [6, 6.07) is 2.58. The lowest BCUT2D eigenvalue weighted by molar-refractivity contribution is -0.127. The number of amides is 1. The molecule has 2 atom stereocenters. The van der Waals surface area contributed by atoms with Gasteiger partial charge in [0, 0.05) is 19.2 Å². The second-order valence-electron chi connectivity index (χ2n) is 6.45. The van der Waals surface area contributed by atoms with Crippen molar-refractivity contribution in [1.29, 1.82) is 0 Å². The van der Waals surface area contributed by atoms with Gasteiger partial charge in [-0.3, -0.25) is 4.98 Å². The predicted octanol–water partition coefficient (Wildman–Crippen LogP) is 1.41. The Morgan fingerprint density at radius 3 is 2.77 bits per heavy atom. The third-order valence-electron chi connectivity index (χ3n) is 3.53. The zero-order valence-corrected chi connectivity index (χ0v) is 12.9. The van der Waals surface area contributed by atoms with E-state index in [-0.39, 0.29) is 25.2 Å². The van der Waals surface area contributed by atoms with Gasteiger partial charge in [0.25, 0.3) is 0 Å². The van der Waals surface area contributed by atoms with Gasteiger partial charge in [0.15, 0.2) is 0 Å². The van der Waals surface area contributed by atoms with Crippen LogP contribution in [0.3, 0.4) is 0 Å². The maximum absolute atomic E-state index is 13.8. The first kappa shape index (κ1) is 16.6. The van der Waals surface area contributed by atoms with Crippen LogP contribution in [-0.4, -0.2) is 51.0 Å². The second kappa shape index (κ2) is 5.81. The lowest BCUT2D eigenvalue weighted by Crippen LogP contribution is -2.56. The number of hydrogen-bond donors (Lipinski definition) is 2. The topological polar surface area (TPSA) is 82.9 Å². The van der Waals surface area contributed by atoms with E-state index >= 15 is 0 Å². The second-order valence-corrected chi connectivity index (χ2v) is 6.45. The van der Waals surface area contributed by atoms with E-state index < -0.39 is 29.2 Å². The number of aliphatic hydroxyl groups excluding tert-OH is 1. The molecule has 6 nitrogen and oxygen atoms in total. The Morgan fingerprint density at radius 1 is 1.55 bits per heavy atom. The molecule has 1 aromatic rings. The number of pyridine rings is 1. The minimum absolute atomic E-state index is 0.0264. The van der Waals surface area contributed by atoms with Gasteiger partial charge in [0.05, 0.1) is 6.54 Å². The Kier molecular flexibility index (Phi) is 4.39. The number of aromatic nitrogens is 1. The molecule has 0 saturated carbocycles. The van der Waals surface area contributed by atoms with Gasteiger partial charge < -0.3 is 19.8 Å². The fraction of sp³-hybridized carbons (Fsp3) is 0.600. The van der Waals surface area contributed by atoms with Crippen molar-refractivity contribution in [3.63, 3.8) is 0 Å². The molecule has 0 aromatic carbocycles. The molecule has 7 heteroatoms. The number of β-amino-alcohol motifs (C(OH)–C–C–N with tert-alkyl or cyclic N) is 1. The molecule has 0 spiro atoms. The van der Waals surface area contributed by atoms with Crippen molar-refractivity contribution in [3.8, 4) is 0 Å². The zero-order chi connectivity index (χ0) is 16.5. The van der Waals surface area contributed by atoms with Crippen LogP contribution in [0.1, 0.15) is 32.9 Å². The van der Waals surface area contributed by atoms with Crippen LogP contribution in [0.4, 0.5) is 9.18 Å². The molecular weight excluding hydrogens is 291 g/mol. The van der Waals surface area contributed by atoms with Crippen LogP contribution >= 0.6 is 0 Å². The summed E-state index contributed by atoms with van der Waals surface area (Å²) in [6.07, 6.45) is -0.599. The normalized spacial score (nSPS) is 25.9. The summed E-state index contributed by atoms with van der Waals surface area (Å²) in [5.41, 5.74) is -2.67. The summed E-state index contributed by atoms with van der Waals surface area (Å²) in [7, 11) is 0. The highest BCUT2D eigenvalue weighted by molar-refractivity contribution is 5.68. The van der Waals surface area contributed by atoms with Gasteiger partial charge >= 0.3 is 6.09 Å². The van der Waals surface area contributed by atoms with Gasteiger partial charge in [-0.1, -0.05) is 0 Å². The summed E-state index contributed by atoms with van der Waals surface area (Å²) in [6.45, 7) is 5.21. The first-order valence-corrected chi connectivity index (χ1v) is 7.13. The van der Waals surface area contributed by atoms with E-state index in [9.17, 15) is 19.4 Å². The number of likely N-dealkylation sites (tertiary alicyclic amines) is 1. The van der Waals surface area contributed by atoms with Gasteiger partial charge in [0.2, 0.25) is 0 Å². The van der Waals surface area contributed by atoms with Crippen LogP contribution in [0.5, 0.6) is 0 Å². The van der Waals surface area contributed by atoms with E-state index in [1.807, 2.05) is 0 Å². The van der Waals surface area contributed by atoms with E-state index in [1.54, 1.807) is 20.8 Å². The number of ether oxygens (including phenoxy) is 1. The maximum Gasteiger partial charge on any atom is 0.410 e. The molecule has 2 rings (SSSR count). The molecule has 0 unspecified atom stereocenters. The first-order chi connectivity index (χ1) is 10.1. The molecule has 1 amide bonds. The number of halogens is 1. The molecule has 2 heterocycles. The largest absolute Gasteiger partial charge is 0.444 e. The lowest BCUT2D eigenvalue weighted by atomic mass is 9.85. The van der Waals surface area contributed by atoms with E-state index in [0.29, 0.717) is 0 Å². The number of carbonyl (C=O) groups excluding carboxylic acids is 1. The molecule has 1 aliphatic rings. The van der Waals surface area contributed by atoms with E-state index in [4.69, 9.17) is 4.74 Å². The summed E-state index contributed by atoms with van der Waals surface area (Å²) in [5, 5.41) is 20.8. The smallest absolute Gasteiger partial charge is 0.410 e. The summed E-state index contributed by atoms with van der Waals surface area (Å²) < 4.78 is 19.1. The van der Waals surface area contributed by atoms with Crippen LogP contribution in [-0.2, 0) is 10.3 Å². The summed E-state index contributed by atoms with van der Waals surface area (Å²) in [5.74, 6) is -0.685. The van der Waals surface area contributed by atoms with Crippen molar-refractivity contribution in [3.05, 3.63) is 29.8 Å². The fourth-order valence-electron chi connectivity index (χ4n) is 2.40. The van der Waals surface area contributed by atoms with Crippen LogP contribution in [0.2, 0.25) is 0 Å².